The van der Waals surface area contributed by atoms with Gasteiger partial charge >= 0.3 is 5.97 Å². The average Bonchev–Trinajstić information content (AvgIpc) is 2.53. The molecule has 0 aliphatic heterocycles. The highest BCUT2D eigenvalue weighted by Crippen LogP contribution is 2.16. The summed E-state index contributed by atoms with van der Waals surface area (Å²) in [6.07, 6.45) is 2.77. The van der Waals surface area contributed by atoms with E-state index in [4.69, 9.17) is 16.3 Å². The molecule has 0 radical (unpaired) electrons. The van der Waals surface area contributed by atoms with Gasteiger partial charge in [-0.3, -0.25) is 4.79 Å². The zero-order valence-corrected chi connectivity index (χ0v) is 12.4. The van der Waals surface area contributed by atoms with Crippen molar-refractivity contribution in [3.63, 3.8) is 0 Å². The van der Waals surface area contributed by atoms with E-state index < -0.39 is 11.9 Å². The second kappa shape index (κ2) is 8.00. The Labute approximate surface area is 133 Å². The maximum absolute atomic E-state index is 11.6. The molecule has 0 bridgehead atoms. The van der Waals surface area contributed by atoms with E-state index in [1.165, 1.54) is 6.08 Å². The Hall–Kier alpha value is -2.59. The predicted molar refractivity (Wildman–Crippen MR) is 86.5 cm³/mol. The van der Waals surface area contributed by atoms with Gasteiger partial charge in [0.1, 0.15) is 0 Å². The van der Waals surface area contributed by atoms with E-state index in [0.717, 1.165) is 0 Å². The predicted octanol–water partition coefficient (Wildman–Crippen LogP) is 3.54. The standard InChI is InChI=1S/C17H14ClNO3/c18-15-9-5-4-6-13(15)10-11-17(21)22-12-16(20)19-14-7-2-1-3-8-14/h1-11H,12H2,(H,19,20)/b11-10+. The number of ether oxygens (including phenoxy) is 1. The molecule has 112 valence electrons. The largest absolute Gasteiger partial charge is 0.452 e. The van der Waals surface area contributed by atoms with Crippen molar-refractivity contribution < 1.29 is 14.3 Å². The summed E-state index contributed by atoms with van der Waals surface area (Å²) in [5.74, 6) is -1.01. The van der Waals surface area contributed by atoms with E-state index in [1.807, 2.05) is 12.1 Å². The molecule has 4 nitrogen and oxygen atoms in total. The number of halogens is 1. The van der Waals surface area contributed by atoms with Gasteiger partial charge in [0.15, 0.2) is 6.61 Å². The molecule has 2 aromatic carbocycles. The maximum atomic E-state index is 11.6. The third-order valence-electron chi connectivity index (χ3n) is 2.71. The van der Waals surface area contributed by atoms with Crippen molar-refractivity contribution in [3.05, 3.63) is 71.3 Å². The van der Waals surface area contributed by atoms with Gasteiger partial charge < -0.3 is 10.1 Å². The van der Waals surface area contributed by atoms with Crippen LogP contribution in [0.2, 0.25) is 5.02 Å². The van der Waals surface area contributed by atoms with E-state index in [-0.39, 0.29) is 6.61 Å². The first-order chi connectivity index (χ1) is 10.6. The SMILES string of the molecule is O=C(COC(=O)/C=C/c1ccccc1Cl)Nc1ccccc1. The topological polar surface area (TPSA) is 55.4 Å². The number of nitrogens with one attached hydrogen (secondary N) is 1. The van der Waals surface area contributed by atoms with Crippen LogP contribution in [0.1, 0.15) is 5.56 Å². The number of hydrogen-bond donors (Lipinski definition) is 1. The van der Waals surface area contributed by atoms with Crippen LogP contribution < -0.4 is 5.32 Å². The molecule has 0 aliphatic carbocycles. The number of para-hydroxylation sites is 1. The van der Waals surface area contributed by atoms with Crippen LogP contribution in [0.3, 0.4) is 0 Å². The van der Waals surface area contributed by atoms with Gasteiger partial charge in [0.25, 0.3) is 5.91 Å². The Kier molecular flexibility index (Phi) is 5.74. The van der Waals surface area contributed by atoms with Crippen LogP contribution in [0.25, 0.3) is 6.08 Å². The Morgan fingerprint density at radius 2 is 1.73 bits per heavy atom. The summed E-state index contributed by atoms with van der Waals surface area (Å²) in [7, 11) is 0. The highest BCUT2D eigenvalue weighted by atomic mass is 35.5. The fraction of sp³-hybridized carbons (Fsp3) is 0.0588. The molecule has 0 heterocycles. The lowest BCUT2D eigenvalue weighted by Gasteiger charge is -2.04. The first-order valence-electron chi connectivity index (χ1n) is 6.59. The monoisotopic (exact) mass is 315 g/mol. The normalized spacial score (nSPS) is 10.4. The minimum Gasteiger partial charge on any atom is -0.452 e. The van der Waals surface area contributed by atoms with Crippen LogP contribution in [0.5, 0.6) is 0 Å². The molecule has 0 aromatic heterocycles. The lowest BCUT2D eigenvalue weighted by molar-refractivity contribution is -0.142. The average molecular weight is 316 g/mol. The molecule has 22 heavy (non-hydrogen) atoms. The maximum Gasteiger partial charge on any atom is 0.331 e. The molecule has 0 unspecified atom stereocenters. The van der Waals surface area contributed by atoms with Crippen molar-refractivity contribution in [1.29, 1.82) is 0 Å². The third-order valence-corrected chi connectivity index (χ3v) is 3.05. The fourth-order valence-corrected chi connectivity index (χ4v) is 1.87. The Morgan fingerprint density at radius 3 is 2.45 bits per heavy atom. The quantitative estimate of drug-likeness (QED) is 0.678. The summed E-state index contributed by atoms with van der Waals surface area (Å²) in [5.41, 5.74) is 1.35. The Bertz CT molecular complexity index is 683. The van der Waals surface area contributed by atoms with Gasteiger partial charge in [-0.2, -0.15) is 0 Å². The molecule has 0 aliphatic rings. The fourth-order valence-electron chi connectivity index (χ4n) is 1.67. The molecule has 2 rings (SSSR count). The number of esters is 1. The third kappa shape index (κ3) is 5.07. The molecular weight excluding hydrogens is 302 g/mol. The van der Waals surface area contributed by atoms with Crippen LogP contribution in [0.4, 0.5) is 5.69 Å². The zero-order valence-electron chi connectivity index (χ0n) is 11.7. The molecule has 0 saturated carbocycles. The van der Waals surface area contributed by atoms with Crippen molar-refractivity contribution in [2.45, 2.75) is 0 Å². The first-order valence-corrected chi connectivity index (χ1v) is 6.97. The van der Waals surface area contributed by atoms with Crippen molar-refractivity contribution in [2.75, 3.05) is 11.9 Å². The van der Waals surface area contributed by atoms with E-state index in [2.05, 4.69) is 5.32 Å². The molecule has 0 saturated heterocycles. The number of rotatable bonds is 5. The molecule has 5 heteroatoms. The second-order valence-electron chi connectivity index (χ2n) is 4.38. The molecular formula is C17H14ClNO3. The van der Waals surface area contributed by atoms with E-state index >= 15 is 0 Å². The van der Waals surface area contributed by atoms with Crippen molar-refractivity contribution in [3.8, 4) is 0 Å². The highest BCUT2D eigenvalue weighted by Gasteiger charge is 2.05. The van der Waals surface area contributed by atoms with Crippen LogP contribution in [0.15, 0.2) is 60.7 Å². The lowest BCUT2D eigenvalue weighted by atomic mass is 10.2. The molecule has 0 fully saturated rings. The molecule has 0 atom stereocenters. The van der Waals surface area contributed by atoms with Crippen LogP contribution in [-0.4, -0.2) is 18.5 Å². The highest BCUT2D eigenvalue weighted by molar-refractivity contribution is 6.32. The Balaban J connectivity index is 1.80. The Morgan fingerprint density at radius 1 is 1.05 bits per heavy atom. The summed E-state index contributed by atoms with van der Waals surface area (Å²) in [4.78, 5) is 23.2. The smallest absolute Gasteiger partial charge is 0.331 e. The number of hydrogen-bond acceptors (Lipinski definition) is 3. The van der Waals surface area contributed by atoms with Gasteiger partial charge in [-0.05, 0) is 29.8 Å². The summed E-state index contributed by atoms with van der Waals surface area (Å²) in [5, 5.41) is 3.15. The number of carbonyl (C=O) groups excluding carboxylic acids is 2. The van der Waals surface area contributed by atoms with Gasteiger partial charge in [0.05, 0.1) is 0 Å². The number of benzene rings is 2. The summed E-state index contributed by atoms with van der Waals surface area (Å²) < 4.78 is 4.86. The zero-order chi connectivity index (χ0) is 15.8. The summed E-state index contributed by atoms with van der Waals surface area (Å²) in [6.45, 7) is -0.347. The molecule has 2 aromatic rings. The van der Waals surface area contributed by atoms with E-state index in [9.17, 15) is 9.59 Å². The van der Waals surface area contributed by atoms with Gasteiger partial charge in [0.2, 0.25) is 0 Å². The number of amides is 1. The van der Waals surface area contributed by atoms with Gasteiger partial charge in [-0.15, -0.1) is 0 Å². The summed E-state index contributed by atoms with van der Waals surface area (Å²) in [6, 6.07) is 16.0. The van der Waals surface area contributed by atoms with Gasteiger partial charge in [-0.25, -0.2) is 4.79 Å². The van der Waals surface area contributed by atoms with Crippen LogP contribution >= 0.6 is 11.6 Å². The summed E-state index contributed by atoms with van der Waals surface area (Å²) >= 11 is 5.96. The van der Waals surface area contributed by atoms with Crippen LogP contribution in [0, 0.1) is 0 Å². The van der Waals surface area contributed by atoms with Crippen LogP contribution in [-0.2, 0) is 14.3 Å². The first kappa shape index (κ1) is 15.8. The minimum absolute atomic E-state index is 0.347. The number of anilines is 1. The molecule has 1 amide bonds. The van der Waals surface area contributed by atoms with Crippen molar-refractivity contribution in [2.24, 2.45) is 0 Å². The molecule has 0 spiro atoms. The van der Waals surface area contributed by atoms with Crippen molar-refractivity contribution >= 4 is 35.2 Å². The number of carbonyl (C=O) groups is 2. The van der Waals surface area contributed by atoms with Crippen molar-refractivity contribution in [1.82, 2.24) is 0 Å². The second-order valence-corrected chi connectivity index (χ2v) is 4.78. The van der Waals surface area contributed by atoms with E-state index in [1.54, 1.807) is 48.5 Å². The van der Waals surface area contributed by atoms with E-state index in [0.29, 0.717) is 16.3 Å². The minimum atomic E-state index is -0.608. The lowest BCUT2D eigenvalue weighted by Crippen LogP contribution is -2.20. The van der Waals surface area contributed by atoms with Gasteiger partial charge in [-0.1, -0.05) is 48.0 Å². The van der Waals surface area contributed by atoms with Gasteiger partial charge in [0, 0.05) is 16.8 Å². The molecule has 1 N–H and O–H groups in total.